The van der Waals surface area contributed by atoms with Gasteiger partial charge < -0.3 is 15.0 Å². The van der Waals surface area contributed by atoms with Crippen LogP contribution in [0.5, 0.6) is 0 Å². The molecule has 0 amide bonds. The molecule has 10 nitrogen and oxygen atoms in total. The van der Waals surface area contributed by atoms with Gasteiger partial charge >= 0.3 is 0 Å². The number of aromatic nitrogens is 2. The molecule has 1 fully saturated rings. The zero-order valence-electron chi connectivity index (χ0n) is 19.5. The number of nitrogens with two attached hydrogens (primary N) is 1. The fourth-order valence-corrected chi connectivity index (χ4v) is 3.87. The number of hydrogen-bond donors (Lipinski definition) is 6. The number of H-pyrrole nitrogens is 1. The number of aromatic amines is 1. The quantitative estimate of drug-likeness (QED) is 0.196. The van der Waals surface area contributed by atoms with E-state index in [9.17, 15) is 9.11 Å². The summed E-state index contributed by atoms with van der Waals surface area (Å²) in [5.41, 5.74) is 1.84. The minimum absolute atomic E-state index is 0.0711. The number of rotatable bonds is 7. The van der Waals surface area contributed by atoms with Gasteiger partial charge in [0.15, 0.2) is 6.04 Å². The first kappa shape index (κ1) is 24.7. The molecule has 1 aromatic heterocycles. The first-order valence-electron chi connectivity index (χ1n) is 11.1. The van der Waals surface area contributed by atoms with Gasteiger partial charge in [0.05, 0.1) is 23.8 Å². The van der Waals surface area contributed by atoms with Gasteiger partial charge in [0, 0.05) is 6.04 Å². The number of nitrogens with zero attached hydrogens (tertiary/aromatic N) is 3. The second-order valence-corrected chi connectivity index (χ2v) is 10.4. The minimum atomic E-state index is -3.23. The number of aliphatic imine (C=N–C) groups is 2. The first-order valence-corrected chi connectivity index (χ1v) is 12.7. The molecule has 1 aliphatic heterocycles. The molecule has 0 spiro atoms. The second-order valence-electron chi connectivity index (χ2n) is 8.77. The Morgan fingerprint density at radius 3 is 2.74 bits per heavy atom. The smallest absolute Gasteiger partial charge is 0.209 e. The number of benzene rings is 1. The molecule has 2 heterocycles. The van der Waals surface area contributed by atoms with Crippen LogP contribution < -0.4 is 10.5 Å². The second kappa shape index (κ2) is 10.1. The third-order valence-electron chi connectivity index (χ3n) is 5.75. The van der Waals surface area contributed by atoms with Crippen LogP contribution in [-0.4, -0.2) is 54.7 Å². The molecule has 1 saturated carbocycles. The zero-order valence-corrected chi connectivity index (χ0v) is 20.3. The Kier molecular flexibility index (Phi) is 7.09. The summed E-state index contributed by atoms with van der Waals surface area (Å²) in [6.45, 7) is 3.94. The molecule has 35 heavy (non-hydrogen) atoms. The van der Waals surface area contributed by atoms with Crippen LogP contribution in [0.25, 0.3) is 0 Å². The third kappa shape index (κ3) is 6.58. The molecule has 184 valence electrons. The van der Waals surface area contributed by atoms with Crippen molar-refractivity contribution >= 4 is 28.7 Å². The van der Waals surface area contributed by atoms with Crippen LogP contribution in [0.1, 0.15) is 44.0 Å². The number of imidazole rings is 1. The van der Waals surface area contributed by atoms with Crippen molar-refractivity contribution in [1.29, 1.82) is 5.41 Å². The molecule has 3 atom stereocenters. The van der Waals surface area contributed by atoms with Crippen LogP contribution in [0.15, 0.2) is 63.8 Å². The van der Waals surface area contributed by atoms with E-state index >= 15 is 0 Å². The van der Waals surface area contributed by atoms with E-state index < -0.39 is 22.9 Å². The minimum Gasteiger partial charge on any atom is -0.473 e. The average molecular weight is 496 g/mol. The predicted octanol–water partition coefficient (Wildman–Crippen LogP) is 3.42. The molecule has 2 aliphatic rings. The summed E-state index contributed by atoms with van der Waals surface area (Å²) in [4.78, 5) is 16.4. The standard InChI is InChI=1S/C24H29N7O3S/c1-16(17-3-8-20(9-4-17)35(26,32)33)28-15-30-21-10-7-18(5-6-19-13-27-14-29-19)31-22(21)23(25)34-24(2)11-12-24/h3-4,7-10,13-16,21-22,25,32-33H,11-12,26H2,1-2H3,(H,27,29)(H,28,30). The highest BCUT2D eigenvalue weighted by Gasteiger charge is 2.43. The van der Waals surface area contributed by atoms with Crippen LogP contribution in [0.3, 0.4) is 0 Å². The molecule has 11 heteroatoms. The summed E-state index contributed by atoms with van der Waals surface area (Å²) in [5, 5.41) is 17.1. The SMILES string of the molecule is CC(NC=NC1C=CC(C#Cc2cnc[nH]2)=NC1C(=N)OC1(C)CC1)c1ccc(S(N)(O)O)cc1. The number of dihydropyridines is 1. The van der Waals surface area contributed by atoms with Gasteiger partial charge in [-0.25, -0.2) is 10.1 Å². The Morgan fingerprint density at radius 1 is 1.37 bits per heavy atom. The summed E-state index contributed by atoms with van der Waals surface area (Å²) in [5.74, 6) is 6.04. The van der Waals surface area contributed by atoms with E-state index in [-0.39, 0.29) is 22.4 Å². The molecule has 4 rings (SSSR count). The molecule has 0 radical (unpaired) electrons. The fourth-order valence-electron chi connectivity index (χ4n) is 3.34. The van der Waals surface area contributed by atoms with Gasteiger partial charge in [-0.15, -0.1) is 10.8 Å². The summed E-state index contributed by atoms with van der Waals surface area (Å²) < 4.78 is 25.0. The summed E-state index contributed by atoms with van der Waals surface area (Å²) in [7, 11) is -3.23. The molecule has 1 aromatic carbocycles. The predicted molar refractivity (Wildman–Crippen MR) is 138 cm³/mol. The normalized spacial score (nSPS) is 22.0. The van der Waals surface area contributed by atoms with Crippen molar-refractivity contribution in [2.24, 2.45) is 15.1 Å². The van der Waals surface area contributed by atoms with Crippen molar-refractivity contribution in [2.45, 2.75) is 55.3 Å². The lowest BCUT2D eigenvalue weighted by atomic mass is 10.0. The van der Waals surface area contributed by atoms with Gasteiger partial charge in [0.25, 0.3) is 0 Å². The van der Waals surface area contributed by atoms with Crippen LogP contribution in [-0.2, 0) is 4.74 Å². The van der Waals surface area contributed by atoms with E-state index in [1.54, 1.807) is 49.2 Å². The Hall–Kier alpha value is -3.43. The maximum Gasteiger partial charge on any atom is 0.209 e. The lowest BCUT2D eigenvalue weighted by Crippen LogP contribution is -2.37. The molecular weight excluding hydrogens is 466 g/mol. The van der Waals surface area contributed by atoms with Crippen molar-refractivity contribution in [1.82, 2.24) is 15.3 Å². The topological polar surface area (TPSA) is 165 Å². The highest BCUT2D eigenvalue weighted by atomic mass is 32.3. The van der Waals surface area contributed by atoms with Gasteiger partial charge in [-0.05, 0) is 62.3 Å². The molecule has 3 unspecified atom stereocenters. The maximum atomic E-state index is 9.57. The monoisotopic (exact) mass is 495 g/mol. The van der Waals surface area contributed by atoms with E-state index in [1.807, 2.05) is 19.9 Å². The molecule has 7 N–H and O–H groups in total. The zero-order chi connectivity index (χ0) is 25.1. The lowest BCUT2D eigenvalue weighted by molar-refractivity contribution is 0.173. The number of nitrogens with one attached hydrogen (secondary N) is 3. The van der Waals surface area contributed by atoms with Crippen LogP contribution in [0, 0.1) is 17.3 Å². The van der Waals surface area contributed by atoms with Gasteiger partial charge in [0.2, 0.25) is 5.90 Å². The van der Waals surface area contributed by atoms with E-state index in [1.165, 1.54) is 0 Å². The van der Waals surface area contributed by atoms with E-state index in [2.05, 4.69) is 37.1 Å². The van der Waals surface area contributed by atoms with Crippen molar-refractivity contribution < 1.29 is 13.8 Å². The first-order chi connectivity index (χ1) is 16.6. The van der Waals surface area contributed by atoms with Crippen molar-refractivity contribution in [3.8, 4) is 11.8 Å². The summed E-state index contributed by atoms with van der Waals surface area (Å²) in [6.07, 6.45) is 10.3. The number of allylic oxidation sites excluding steroid dienone is 1. The largest absolute Gasteiger partial charge is 0.473 e. The highest BCUT2D eigenvalue weighted by molar-refractivity contribution is 8.22. The van der Waals surface area contributed by atoms with E-state index in [0.717, 1.165) is 18.4 Å². The van der Waals surface area contributed by atoms with Crippen LogP contribution >= 0.6 is 10.8 Å². The molecular formula is C24H29N7O3S. The Morgan fingerprint density at radius 2 is 2.11 bits per heavy atom. The molecule has 2 aromatic rings. The number of hydrogen-bond acceptors (Lipinski definition) is 8. The lowest BCUT2D eigenvalue weighted by Gasteiger charge is -2.26. The van der Waals surface area contributed by atoms with Gasteiger partial charge in [0.1, 0.15) is 23.0 Å². The molecule has 0 bridgehead atoms. The number of ether oxygens (including phenoxy) is 1. The molecule has 1 aliphatic carbocycles. The van der Waals surface area contributed by atoms with E-state index in [4.69, 9.17) is 15.3 Å². The van der Waals surface area contributed by atoms with E-state index in [0.29, 0.717) is 11.4 Å². The summed E-state index contributed by atoms with van der Waals surface area (Å²) >= 11 is 0. The maximum absolute atomic E-state index is 9.57. The average Bonchev–Trinajstić information content (AvgIpc) is 3.31. The van der Waals surface area contributed by atoms with Crippen LogP contribution in [0.4, 0.5) is 0 Å². The van der Waals surface area contributed by atoms with Gasteiger partial charge in [-0.3, -0.25) is 24.5 Å². The van der Waals surface area contributed by atoms with Gasteiger partial charge in [-0.2, -0.15) is 0 Å². The van der Waals surface area contributed by atoms with Crippen molar-refractivity contribution in [3.63, 3.8) is 0 Å². The van der Waals surface area contributed by atoms with Crippen LogP contribution in [0.2, 0.25) is 0 Å². The Balaban J connectivity index is 1.44. The molecule has 0 saturated heterocycles. The Labute approximate surface area is 205 Å². The van der Waals surface area contributed by atoms with Crippen molar-refractivity contribution in [3.05, 3.63) is 60.2 Å². The summed E-state index contributed by atoms with van der Waals surface area (Å²) in [6, 6.07) is 5.61. The van der Waals surface area contributed by atoms with Gasteiger partial charge in [-0.1, -0.05) is 18.2 Å². The fraction of sp³-hybridized carbons (Fsp3) is 0.333. The van der Waals surface area contributed by atoms with Crippen molar-refractivity contribution in [2.75, 3.05) is 0 Å². The highest BCUT2D eigenvalue weighted by Crippen LogP contribution is 2.40. The Bertz CT molecular complexity index is 1200. The third-order valence-corrected chi connectivity index (χ3v) is 6.72.